The molecule has 4 atom stereocenters. The van der Waals surface area contributed by atoms with E-state index >= 15 is 0 Å². The van der Waals surface area contributed by atoms with Gasteiger partial charge in [0.25, 0.3) is 0 Å². The van der Waals surface area contributed by atoms with Crippen LogP contribution in [-0.4, -0.2) is 28.2 Å². The zero-order valence-corrected chi connectivity index (χ0v) is 5.84. The molecule has 46 valence electrons. The van der Waals surface area contributed by atoms with Gasteiger partial charge in [0.2, 0.25) is 0 Å². The molecule has 0 bridgehead atoms. The lowest BCUT2D eigenvalue weighted by Crippen LogP contribution is -2.10. The molecule has 2 nitrogen and oxygen atoms in total. The lowest BCUT2D eigenvalue weighted by atomic mass is 10.3. The highest BCUT2D eigenvalue weighted by molar-refractivity contribution is 9.09. The van der Waals surface area contributed by atoms with Gasteiger partial charge >= 0.3 is 0 Å². The Morgan fingerprint density at radius 1 is 1.50 bits per heavy atom. The molecule has 0 aromatic carbocycles. The van der Waals surface area contributed by atoms with Gasteiger partial charge in [-0.1, -0.05) is 15.9 Å². The van der Waals surface area contributed by atoms with Crippen LogP contribution in [0.1, 0.15) is 6.42 Å². The Bertz CT molecular complexity index is 101. The Balaban J connectivity index is 2.09. The molecule has 0 amide bonds. The molecule has 1 aliphatic carbocycles. The number of aliphatic hydroxyl groups is 1. The van der Waals surface area contributed by atoms with E-state index in [1.165, 1.54) is 0 Å². The van der Waals surface area contributed by atoms with Gasteiger partial charge in [0.05, 0.1) is 12.2 Å². The van der Waals surface area contributed by atoms with Crippen LogP contribution >= 0.6 is 15.9 Å². The molecule has 1 N–H and O–H groups in total. The van der Waals surface area contributed by atoms with Crippen molar-refractivity contribution >= 4 is 15.9 Å². The number of hydrogen-bond donors (Lipinski definition) is 1. The van der Waals surface area contributed by atoms with Crippen LogP contribution in [0.25, 0.3) is 0 Å². The van der Waals surface area contributed by atoms with E-state index in [-0.39, 0.29) is 12.2 Å². The Morgan fingerprint density at radius 3 is 2.38 bits per heavy atom. The topological polar surface area (TPSA) is 32.8 Å². The largest absolute Gasteiger partial charge is 0.390 e. The number of epoxide rings is 1. The third-order valence-electron chi connectivity index (χ3n) is 1.76. The minimum atomic E-state index is -0.204. The summed E-state index contributed by atoms with van der Waals surface area (Å²) >= 11 is 3.40. The average Bonchev–Trinajstić information content (AvgIpc) is 2.35. The Labute approximate surface area is 56.0 Å². The Morgan fingerprint density at radius 2 is 2.25 bits per heavy atom. The molecule has 4 unspecified atom stereocenters. The van der Waals surface area contributed by atoms with Crippen LogP contribution in [0.3, 0.4) is 0 Å². The average molecular weight is 179 g/mol. The van der Waals surface area contributed by atoms with E-state index in [1.807, 2.05) is 0 Å². The van der Waals surface area contributed by atoms with Gasteiger partial charge in [0, 0.05) is 4.83 Å². The molecule has 0 aromatic rings. The number of hydrogen-bond acceptors (Lipinski definition) is 2. The van der Waals surface area contributed by atoms with Crippen molar-refractivity contribution in [2.24, 2.45) is 0 Å². The van der Waals surface area contributed by atoms with Crippen molar-refractivity contribution in [3.8, 4) is 0 Å². The van der Waals surface area contributed by atoms with Crippen LogP contribution in [0.15, 0.2) is 0 Å². The SMILES string of the molecule is OC1CC(Br)C2OC12. The highest BCUT2D eigenvalue weighted by atomic mass is 79.9. The lowest BCUT2D eigenvalue weighted by molar-refractivity contribution is 0.122. The number of fused-ring (bicyclic) bond motifs is 1. The fourth-order valence-corrected chi connectivity index (χ4v) is 2.04. The van der Waals surface area contributed by atoms with Crippen molar-refractivity contribution in [1.82, 2.24) is 0 Å². The van der Waals surface area contributed by atoms with Gasteiger partial charge in [-0.25, -0.2) is 0 Å². The second kappa shape index (κ2) is 1.46. The number of halogens is 1. The number of ether oxygens (including phenoxy) is 1. The van der Waals surface area contributed by atoms with Gasteiger partial charge in [-0.05, 0) is 6.42 Å². The zero-order valence-electron chi connectivity index (χ0n) is 4.25. The Kier molecular flexibility index (Phi) is 0.951. The first kappa shape index (κ1) is 5.21. The summed E-state index contributed by atoms with van der Waals surface area (Å²) in [6.07, 6.45) is 1.14. The predicted octanol–water partition coefficient (Wildman–Crippen LogP) is 0.282. The molecule has 2 aliphatic rings. The van der Waals surface area contributed by atoms with E-state index in [2.05, 4.69) is 15.9 Å². The quantitative estimate of drug-likeness (QED) is 0.428. The molecule has 0 aromatic heterocycles. The van der Waals surface area contributed by atoms with Crippen molar-refractivity contribution in [3.05, 3.63) is 0 Å². The summed E-state index contributed by atoms with van der Waals surface area (Å²) in [6, 6.07) is 0. The van der Waals surface area contributed by atoms with E-state index in [4.69, 9.17) is 9.84 Å². The Hall–Kier alpha value is 0.400. The highest BCUT2D eigenvalue weighted by Crippen LogP contribution is 2.42. The van der Waals surface area contributed by atoms with Gasteiger partial charge < -0.3 is 9.84 Å². The molecular weight excluding hydrogens is 172 g/mol. The summed E-state index contributed by atoms with van der Waals surface area (Å²) in [5.74, 6) is 0. The first-order valence-corrected chi connectivity index (χ1v) is 3.68. The molecule has 3 heteroatoms. The highest BCUT2D eigenvalue weighted by Gasteiger charge is 2.55. The third kappa shape index (κ3) is 0.551. The van der Waals surface area contributed by atoms with Crippen LogP contribution in [0, 0.1) is 0 Å². The molecule has 1 saturated heterocycles. The van der Waals surface area contributed by atoms with Crippen LogP contribution in [0.5, 0.6) is 0 Å². The van der Waals surface area contributed by atoms with Gasteiger partial charge in [0.15, 0.2) is 0 Å². The first-order valence-electron chi connectivity index (χ1n) is 2.76. The molecule has 2 fully saturated rings. The van der Waals surface area contributed by atoms with Crippen LogP contribution < -0.4 is 0 Å². The maximum atomic E-state index is 9.05. The molecule has 0 radical (unpaired) electrons. The minimum Gasteiger partial charge on any atom is -0.390 e. The molecular formula is C5H7BrO2. The number of aliphatic hydroxyl groups excluding tert-OH is 1. The maximum absolute atomic E-state index is 9.05. The molecule has 1 heterocycles. The van der Waals surface area contributed by atoms with E-state index in [9.17, 15) is 0 Å². The van der Waals surface area contributed by atoms with Gasteiger partial charge in [0.1, 0.15) is 6.10 Å². The molecule has 1 saturated carbocycles. The van der Waals surface area contributed by atoms with Gasteiger partial charge in [-0.2, -0.15) is 0 Å². The van der Waals surface area contributed by atoms with Gasteiger partial charge in [-0.15, -0.1) is 0 Å². The standard InChI is InChI=1S/C5H7BrO2/c6-2-1-3(7)5-4(2)8-5/h2-5,7H,1H2. The lowest BCUT2D eigenvalue weighted by Gasteiger charge is -2.02. The fraction of sp³-hybridized carbons (Fsp3) is 1.00. The summed E-state index contributed by atoms with van der Waals surface area (Å²) < 4.78 is 5.08. The monoisotopic (exact) mass is 178 g/mol. The van der Waals surface area contributed by atoms with Crippen molar-refractivity contribution in [2.75, 3.05) is 0 Å². The van der Waals surface area contributed by atoms with Gasteiger partial charge in [-0.3, -0.25) is 0 Å². The molecule has 2 rings (SSSR count). The van der Waals surface area contributed by atoms with Crippen LogP contribution in [0.4, 0.5) is 0 Å². The van der Waals surface area contributed by atoms with Crippen molar-refractivity contribution in [2.45, 2.75) is 29.6 Å². The number of alkyl halides is 1. The van der Waals surface area contributed by atoms with Crippen molar-refractivity contribution < 1.29 is 9.84 Å². The molecule has 1 aliphatic heterocycles. The van der Waals surface area contributed by atoms with E-state index in [1.54, 1.807) is 0 Å². The zero-order chi connectivity index (χ0) is 5.72. The third-order valence-corrected chi connectivity index (χ3v) is 2.66. The second-order valence-corrected chi connectivity index (χ2v) is 3.56. The summed E-state index contributed by atoms with van der Waals surface area (Å²) in [5, 5.41) is 9.05. The van der Waals surface area contributed by atoms with E-state index < -0.39 is 0 Å². The molecule has 0 spiro atoms. The van der Waals surface area contributed by atoms with Crippen LogP contribution in [0.2, 0.25) is 0 Å². The predicted molar refractivity (Wildman–Crippen MR) is 32.0 cm³/mol. The summed E-state index contributed by atoms with van der Waals surface area (Å²) in [6.45, 7) is 0. The van der Waals surface area contributed by atoms with Crippen LogP contribution in [-0.2, 0) is 4.74 Å². The summed E-state index contributed by atoms with van der Waals surface area (Å²) in [5.41, 5.74) is 0. The number of rotatable bonds is 0. The van der Waals surface area contributed by atoms with E-state index in [0.29, 0.717) is 10.9 Å². The maximum Gasteiger partial charge on any atom is 0.111 e. The molecule has 8 heavy (non-hydrogen) atoms. The van der Waals surface area contributed by atoms with E-state index in [0.717, 1.165) is 6.42 Å². The summed E-state index contributed by atoms with van der Waals surface area (Å²) in [4.78, 5) is 0.405. The first-order chi connectivity index (χ1) is 3.79. The fourth-order valence-electron chi connectivity index (χ4n) is 1.24. The smallest absolute Gasteiger partial charge is 0.111 e. The summed E-state index contributed by atoms with van der Waals surface area (Å²) in [7, 11) is 0. The second-order valence-electron chi connectivity index (χ2n) is 2.38. The minimum absolute atomic E-state index is 0.166. The van der Waals surface area contributed by atoms with Crippen molar-refractivity contribution in [1.29, 1.82) is 0 Å². The van der Waals surface area contributed by atoms with Crippen molar-refractivity contribution in [3.63, 3.8) is 0 Å². The normalized spacial score (nSPS) is 60.8.